The largest absolute Gasteiger partial charge is 0.480 e. The number of aliphatic carboxylic acids is 1. The molecule has 1 saturated heterocycles. The van der Waals surface area contributed by atoms with E-state index in [4.69, 9.17) is 9.84 Å². The predicted molar refractivity (Wildman–Crippen MR) is 52.6 cm³/mol. The van der Waals surface area contributed by atoms with Crippen LogP contribution >= 0.6 is 0 Å². The SMILES string of the molecule is CCC1CN(C(=O)NCC(=O)O)CCO1. The number of carbonyl (C=O) groups is 2. The van der Waals surface area contributed by atoms with Crippen molar-refractivity contribution in [3.63, 3.8) is 0 Å². The highest BCUT2D eigenvalue weighted by Gasteiger charge is 2.22. The molecule has 1 aliphatic rings. The summed E-state index contributed by atoms with van der Waals surface area (Å²) in [6.07, 6.45) is 0.914. The number of hydrogen-bond acceptors (Lipinski definition) is 3. The van der Waals surface area contributed by atoms with Crippen LogP contribution in [0.3, 0.4) is 0 Å². The zero-order valence-electron chi connectivity index (χ0n) is 8.73. The average molecular weight is 216 g/mol. The minimum Gasteiger partial charge on any atom is -0.480 e. The highest BCUT2D eigenvalue weighted by atomic mass is 16.5. The zero-order valence-corrected chi connectivity index (χ0v) is 8.73. The third kappa shape index (κ3) is 3.75. The van der Waals surface area contributed by atoms with Crippen LogP contribution in [0.1, 0.15) is 13.3 Å². The molecule has 1 fully saturated rings. The number of hydrogen-bond donors (Lipinski definition) is 2. The Hall–Kier alpha value is -1.30. The van der Waals surface area contributed by atoms with Crippen LogP contribution in [-0.2, 0) is 9.53 Å². The van der Waals surface area contributed by atoms with Crippen LogP contribution < -0.4 is 5.32 Å². The highest BCUT2D eigenvalue weighted by Crippen LogP contribution is 2.07. The summed E-state index contributed by atoms with van der Waals surface area (Å²) in [7, 11) is 0. The summed E-state index contributed by atoms with van der Waals surface area (Å²) < 4.78 is 5.40. The van der Waals surface area contributed by atoms with Gasteiger partial charge in [-0.25, -0.2) is 4.79 Å². The van der Waals surface area contributed by atoms with E-state index >= 15 is 0 Å². The number of nitrogens with zero attached hydrogens (tertiary/aromatic N) is 1. The molecule has 6 heteroatoms. The molecule has 6 nitrogen and oxygen atoms in total. The number of nitrogens with one attached hydrogen (secondary N) is 1. The lowest BCUT2D eigenvalue weighted by atomic mass is 10.2. The number of carbonyl (C=O) groups excluding carboxylic acids is 1. The van der Waals surface area contributed by atoms with E-state index < -0.39 is 5.97 Å². The highest BCUT2D eigenvalue weighted by molar-refractivity contribution is 5.80. The Kier molecular flexibility index (Phi) is 4.36. The molecule has 0 aromatic rings. The van der Waals surface area contributed by atoms with E-state index in [0.29, 0.717) is 19.7 Å². The fourth-order valence-corrected chi connectivity index (χ4v) is 1.41. The predicted octanol–water partition coefficient (Wildman–Crippen LogP) is -0.109. The van der Waals surface area contributed by atoms with Gasteiger partial charge in [0.2, 0.25) is 0 Å². The van der Waals surface area contributed by atoms with Gasteiger partial charge in [-0.15, -0.1) is 0 Å². The van der Waals surface area contributed by atoms with Gasteiger partial charge in [0.1, 0.15) is 6.54 Å². The third-order valence-corrected chi connectivity index (χ3v) is 2.27. The first-order valence-electron chi connectivity index (χ1n) is 4.99. The monoisotopic (exact) mass is 216 g/mol. The molecule has 0 saturated carbocycles. The van der Waals surface area contributed by atoms with Crippen molar-refractivity contribution < 1.29 is 19.4 Å². The van der Waals surface area contributed by atoms with Crippen LogP contribution in [0.2, 0.25) is 0 Å². The van der Waals surface area contributed by atoms with E-state index in [0.717, 1.165) is 6.42 Å². The molecule has 0 aromatic heterocycles. The Morgan fingerprint density at radius 3 is 2.93 bits per heavy atom. The first kappa shape index (κ1) is 11.8. The summed E-state index contributed by atoms with van der Waals surface area (Å²) in [4.78, 5) is 23.3. The van der Waals surface area contributed by atoms with Crippen LogP contribution in [-0.4, -0.2) is 54.4 Å². The molecule has 1 heterocycles. The van der Waals surface area contributed by atoms with Crippen molar-refractivity contribution in [1.82, 2.24) is 10.2 Å². The molecule has 0 bridgehead atoms. The second kappa shape index (κ2) is 5.55. The zero-order chi connectivity index (χ0) is 11.3. The molecule has 1 atom stereocenters. The van der Waals surface area contributed by atoms with Crippen molar-refractivity contribution in [3.8, 4) is 0 Å². The van der Waals surface area contributed by atoms with Crippen molar-refractivity contribution in [1.29, 1.82) is 0 Å². The van der Waals surface area contributed by atoms with Crippen molar-refractivity contribution in [2.24, 2.45) is 0 Å². The van der Waals surface area contributed by atoms with E-state index in [1.165, 1.54) is 0 Å². The topological polar surface area (TPSA) is 78.9 Å². The number of ether oxygens (including phenoxy) is 1. The maximum Gasteiger partial charge on any atom is 0.323 e. The van der Waals surface area contributed by atoms with E-state index in [1.54, 1.807) is 4.90 Å². The third-order valence-electron chi connectivity index (χ3n) is 2.27. The maximum absolute atomic E-state index is 11.5. The Balaban J connectivity index is 2.35. The molecule has 15 heavy (non-hydrogen) atoms. The smallest absolute Gasteiger partial charge is 0.323 e. The lowest BCUT2D eigenvalue weighted by molar-refractivity contribution is -0.135. The molecule has 86 valence electrons. The molecular weight excluding hydrogens is 200 g/mol. The second-order valence-corrected chi connectivity index (χ2v) is 3.40. The summed E-state index contributed by atoms with van der Waals surface area (Å²) in [6, 6.07) is -0.334. The number of amides is 2. The van der Waals surface area contributed by atoms with Gasteiger partial charge in [-0.2, -0.15) is 0 Å². The van der Waals surface area contributed by atoms with Crippen molar-refractivity contribution in [2.75, 3.05) is 26.2 Å². The second-order valence-electron chi connectivity index (χ2n) is 3.40. The first-order valence-corrected chi connectivity index (χ1v) is 4.99. The molecule has 0 radical (unpaired) electrons. The minimum atomic E-state index is -1.04. The summed E-state index contributed by atoms with van der Waals surface area (Å²) in [5, 5.41) is 10.7. The number of rotatable bonds is 3. The van der Waals surface area contributed by atoms with E-state index in [9.17, 15) is 9.59 Å². The molecule has 2 N–H and O–H groups in total. The Bertz CT molecular complexity index is 244. The number of morpholine rings is 1. The van der Waals surface area contributed by atoms with Crippen LogP contribution in [0, 0.1) is 0 Å². The molecule has 0 aliphatic carbocycles. The Morgan fingerprint density at radius 1 is 1.60 bits per heavy atom. The fraction of sp³-hybridized carbons (Fsp3) is 0.778. The van der Waals surface area contributed by atoms with Crippen LogP contribution in [0.5, 0.6) is 0 Å². The van der Waals surface area contributed by atoms with Gasteiger partial charge in [0.05, 0.1) is 12.7 Å². The first-order chi connectivity index (χ1) is 7.13. The van der Waals surface area contributed by atoms with Gasteiger partial charge in [-0.05, 0) is 6.42 Å². The average Bonchev–Trinajstić information content (AvgIpc) is 2.26. The standard InChI is InChI=1S/C9H16N2O4/c1-2-7-6-11(3-4-15-7)9(14)10-5-8(12)13/h7H,2-6H2,1H3,(H,10,14)(H,12,13). The van der Waals surface area contributed by atoms with Gasteiger partial charge < -0.3 is 20.1 Å². The maximum atomic E-state index is 11.5. The molecule has 1 rings (SSSR count). The molecular formula is C9H16N2O4. The van der Waals surface area contributed by atoms with Gasteiger partial charge in [0.15, 0.2) is 0 Å². The van der Waals surface area contributed by atoms with E-state index in [1.807, 2.05) is 6.92 Å². The fourth-order valence-electron chi connectivity index (χ4n) is 1.41. The summed E-state index contributed by atoms with van der Waals surface area (Å²) in [5.74, 6) is -1.04. The number of carboxylic acids is 1. The number of carboxylic acid groups (broad SMARTS) is 1. The lowest BCUT2D eigenvalue weighted by Crippen LogP contribution is -2.50. The van der Waals surface area contributed by atoms with Gasteiger partial charge >= 0.3 is 12.0 Å². The van der Waals surface area contributed by atoms with Gasteiger partial charge in [-0.1, -0.05) is 6.92 Å². The van der Waals surface area contributed by atoms with Crippen molar-refractivity contribution in [3.05, 3.63) is 0 Å². The van der Waals surface area contributed by atoms with Crippen LogP contribution in [0.15, 0.2) is 0 Å². The summed E-state index contributed by atoms with van der Waals surface area (Å²) >= 11 is 0. The summed E-state index contributed by atoms with van der Waals surface area (Å²) in [5.41, 5.74) is 0. The minimum absolute atomic E-state index is 0.0642. The summed E-state index contributed by atoms with van der Waals surface area (Å²) in [6.45, 7) is 3.21. The quantitative estimate of drug-likeness (QED) is 0.690. The van der Waals surface area contributed by atoms with Crippen molar-refractivity contribution in [2.45, 2.75) is 19.4 Å². The molecule has 1 unspecified atom stereocenters. The van der Waals surface area contributed by atoms with Crippen molar-refractivity contribution >= 4 is 12.0 Å². The molecule has 2 amide bonds. The van der Waals surface area contributed by atoms with Gasteiger partial charge in [-0.3, -0.25) is 4.79 Å². The normalized spacial score (nSPS) is 21.1. The van der Waals surface area contributed by atoms with E-state index in [-0.39, 0.29) is 18.7 Å². The lowest BCUT2D eigenvalue weighted by Gasteiger charge is -2.32. The molecule has 0 spiro atoms. The molecule has 1 aliphatic heterocycles. The van der Waals surface area contributed by atoms with E-state index in [2.05, 4.69) is 5.32 Å². The Morgan fingerprint density at radius 2 is 2.33 bits per heavy atom. The number of urea groups is 1. The molecule has 0 aromatic carbocycles. The van der Waals surface area contributed by atoms with Crippen LogP contribution in [0.4, 0.5) is 4.79 Å². The Labute approximate surface area is 88.2 Å². The van der Waals surface area contributed by atoms with Gasteiger partial charge in [0.25, 0.3) is 0 Å². The van der Waals surface area contributed by atoms with Crippen LogP contribution in [0.25, 0.3) is 0 Å². The van der Waals surface area contributed by atoms with Gasteiger partial charge in [0, 0.05) is 13.1 Å².